The number of esters is 1. The molecule has 0 spiro atoms. The molecule has 0 aliphatic heterocycles. The van der Waals surface area contributed by atoms with E-state index in [0.717, 1.165) is 63.8 Å². The summed E-state index contributed by atoms with van der Waals surface area (Å²) in [4.78, 5) is 32.1. The maximum absolute atomic E-state index is 13.6. The normalized spacial score (nSPS) is 12.9. The van der Waals surface area contributed by atoms with Gasteiger partial charge in [0.1, 0.15) is 5.00 Å². The van der Waals surface area contributed by atoms with Gasteiger partial charge in [-0.05, 0) is 56.4 Å². The van der Waals surface area contributed by atoms with E-state index >= 15 is 0 Å². The molecule has 5 nitrogen and oxygen atoms in total. The molecule has 1 aliphatic rings. The Balaban J connectivity index is 1.60. The van der Waals surface area contributed by atoms with Gasteiger partial charge in [-0.25, -0.2) is 9.78 Å². The highest BCUT2D eigenvalue weighted by Crippen LogP contribution is 2.39. The number of thiophene rings is 1. The van der Waals surface area contributed by atoms with Gasteiger partial charge in [0.05, 0.1) is 29.4 Å². The van der Waals surface area contributed by atoms with Crippen LogP contribution in [0.1, 0.15) is 49.6 Å². The van der Waals surface area contributed by atoms with E-state index in [1.807, 2.05) is 55.5 Å². The first-order valence-corrected chi connectivity index (χ1v) is 11.9. The molecule has 0 radical (unpaired) electrons. The molecule has 2 heterocycles. The van der Waals surface area contributed by atoms with Gasteiger partial charge in [0, 0.05) is 15.8 Å². The highest BCUT2D eigenvalue weighted by atomic mass is 32.1. The van der Waals surface area contributed by atoms with Crippen molar-refractivity contribution in [2.45, 2.75) is 32.6 Å². The smallest absolute Gasteiger partial charge is 0.341 e. The molecule has 166 valence electrons. The topological polar surface area (TPSA) is 68.3 Å². The number of carbonyl (C=O) groups excluding carboxylic acids is 2. The molecule has 0 unspecified atom stereocenters. The second-order valence-corrected chi connectivity index (χ2v) is 9.41. The second-order valence-electron chi connectivity index (χ2n) is 8.30. The van der Waals surface area contributed by atoms with Crippen molar-refractivity contribution in [3.63, 3.8) is 0 Å². The fourth-order valence-electron chi connectivity index (χ4n) is 4.46. The third-order valence-corrected chi connectivity index (χ3v) is 7.27. The van der Waals surface area contributed by atoms with Crippen LogP contribution in [0.2, 0.25) is 0 Å². The summed E-state index contributed by atoms with van der Waals surface area (Å²) in [5.41, 5.74) is 5.62. The zero-order chi connectivity index (χ0) is 22.9. The van der Waals surface area contributed by atoms with Crippen molar-refractivity contribution in [3.05, 3.63) is 81.7 Å². The highest BCUT2D eigenvalue weighted by Gasteiger charge is 2.27. The van der Waals surface area contributed by atoms with Crippen molar-refractivity contribution >= 4 is 39.1 Å². The van der Waals surface area contributed by atoms with Gasteiger partial charge in [-0.15, -0.1) is 11.3 Å². The Hall–Kier alpha value is -3.51. The van der Waals surface area contributed by atoms with E-state index in [4.69, 9.17) is 9.72 Å². The number of nitrogens with zero attached hydrogens (tertiary/aromatic N) is 1. The minimum atomic E-state index is -0.398. The molecule has 6 heteroatoms. The van der Waals surface area contributed by atoms with E-state index in [1.165, 1.54) is 18.4 Å². The molecule has 0 saturated heterocycles. The average molecular weight is 457 g/mol. The molecule has 1 amide bonds. The van der Waals surface area contributed by atoms with E-state index in [1.54, 1.807) is 0 Å². The highest BCUT2D eigenvalue weighted by molar-refractivity contribution is 7.17. The molecule has 0 saturated carbocycles. The Morgan fingerprint density at radius 2 is 1.85 bits per heavy atom. The average Bonchev–Trinajstić information content (AvgIpc) is 3.20. The summed E-state index contributed by atoms with van der Waals surface area (Å²) >= 11 is 1.49. The number of anilines is 1. The number of carbonyl (C=O) groups is 2. The second kappa shape index (κ2) is 8.79. The molecule has 2 aromatic heterocycles. The van der Waals surface area contributed by atoms with E-state index in [0.29, 0.717) is 16.1 Å². The summed E-state index contributed by atoms with van der Waals surface area (Å²) in [5.74, 6) is -0.656. The van der Waals surface area contributed by atoms with Crippen molar-refractivity contribution < 1.29 is 14.3 Å². The fourth-order valence-corrected chi connectivity index (χ4v) is 5.73. The largest absolute Gasteiger partial charge is 0.465 e. The first-order valence-electron chi connectivity index (χ1n) is 11.1. The van der Waals surface area contributed by atoms with Gasteiger partial charge >= 0.3 is 5.97 Å². The Kier molecular flexibility index (Phi) is 5.68. The SMILES string of the molecule is COC(=O)c1c(NC(=O)c2cc(-c3cccc(C)c3)nc3ccccc23)sc2c1CCCC2. The van der Waals surface area contributed by atoms with E-state index < -0.39 is 5.97 Å². The number of para-hydroxylation sites is 1. The number of benzene rings is 2. The number of amides is 1. The number of aromatic nitrogens is 1. The molecule has 33 heavy (non-hydrogen) atoms. The zero-order valence-corrected chi connectivity index (χ0v) is 19.4. The van der Waals surface area contributed by atoms with Crippen LogP contribution in [0.3, 0.4) is 0 Å². The number of ether oxygens (including phenoxy) is 1. The molecular formula is C27H24N2O3S. The molecule has 1 aliphatic carbocycles. The van der Waals surface area contributed by atoms with E-state index in [2.05, 4.69) is 11.4 Å². The van der Waals surface area contributed by atoms with Gasteiger partial charge in [-0.2, -0.15) is 0 Å². The number of hydrogen-bond acceptors (Lipinski definition) is 5. The van der Waals surface area contributed by atoms with Gasteiger partial charge in [0.25, 0.3) is 5.91 Å². The molecular weight excluding hydrogens is 432 g/mol. The predicted molar refractivity (Wildman–Crippen MR) is 132 cm³/mol. The van der Waals surface area contributed by atoms with Crippen molar-refractivity contribution in [1.82, 2.24) is 4.98 Å². The van der Waals surface area contributed by atoms with Gasteiger partial charge in [-0.3, -0.25) is 4.79 Å². The lowest BCUT2D eigenvalue weighted by Crippen LogP contribution is -2.16. The van der Waals surface area contributed by atoms with Crippen LogP contribution in [0.5, 0.6) is 0 Å². The maximum atomic E-state index is 13.6. The van der Waals surface area contributed by atoms with Crippen LogP contribution >= 0.6 is 11.3 Å². The summed E-state index contributed by atoms with van der Waals surface area (Å²) in [6.45, 7) is 2.03. The number of aryl methyl sites for hydroxylation is 2. The van der Waals surface area contributed by atoms with Crippen LogP contribution in [0.15, 0.2) is 54.6 Å². The Morgan fingerprint density at radius 3 is 2.67 bits per heavy atom. The monoisotopic (exact) mass is 456 g/mol. The first kappa shape index (κ1) is 21.3. The van der Waals surface area contributed by atoms with Crippen molar-refractivity contribution in [3.8, 4) is 11.3 Å². The number of pyridine rings is 1. The van der Waals surface area contributed by atoms with Crippen LogP contribution in [0, 0.1) is 6.92 Å². The van der Waals surface area contributed by atoms with Crippen LogP contribution in [-0.2, 0) is 17.6 Å². The van der Waals surface area contributed by atoms with Gasteiger partial charge in [-0.1, -0.05) is 42.0 Å². The van der Waals surface area contributed by atoms with Crippen LogP contribution in [0.25, 0.3) is 22.2 Å². The zero-order valence-electron chi connectivity index (χ0n) is 18.6. The van der Waals surface area contributed by atoms with Gasteiger partial charge in [0.2, 0.25) is 0 Å². The third kappa shape index (κ3) is 4.02. The maximum Gasteiger partial charge on any atom is 0.341 e. The van der Waals surface area contributed by atoms with Crippen molar-refractivity contribution in [1.29, 1.82) is 0 Å². The van der Waals surface area contributed by atoms with Crippen LogP contribution in [-0.4, -0.2) is 24.0 Å². The van der Waals surface area contributed by atoms with E-state index in [9.17, 15) is 9.59 Å². The minimum absolute atomic E-state index is 0.258. The van der Waals surface area contributed by atoms with Gasteiger partial charge < -0.3 is 10.1 Å². The van der Waals surface area contributed by atoms with E-state index in [-0.39, 0.29) is 5.91 Å². The lowest BCUT2D eigenvalue weighted by Gasteiger charge is -2.12. The lowest BCUT2D eigenvalue weighted by molar-refractivity contribution is 0.0601. The molecule has 0 fully saturated rings. The standard InChI is InChI=1S/C27H24N2O3S/c1-16-8-7-9-17(14-16)22-15-20(18-10-3-5-12-21(18)28-22)25(30)29-26-24(27(31)32-2)19-11-4-6-13-23(19)33-26/h3,5,7-10,12,14-15H,4,6,11,13H2,1-2H3,(H,29,30). The fraction of sp³-hybridized carbons (Fsp3) is 0.222. The number of nitrogens with one attached hydrogen (secondary N) is 1. The van der Waals surface area contributed by atoms with Crippen LogP contribution < -0.4 is 5.32 Å². The molecule has 4 aromatic rings. The summed E-state index contributed by atoms with van der Waals surface area (Å²) in [7, 11) is 1.38. The van der Waals surface area contributed by atoms with Gasteiger partial charge in [0.15, 0.2) is 0 Å². The Bertz CT molecular complexity index is 1390. The Morgan fingerprint density at radius 1 is 1.03 bits per heavy atom. The molecule has 5 rings (SSSR count). The number of fused-ring (bicyclic) bond motifs is 2. The number of methoxy groups -OCH3 is 1. The summed E-state index contributed by atoms with van der Waals surface area (Å²) in [6.07, 6.45) is 3.89. The summed E-state index contributed by atoms with van der Waals surface area (Å²) in [6, 6.07) is 17.5. The summed E-state index contributed by atoms with van der Waals surface area (Å²) < 4.78 is 5.05. The Labute approximate surface area is 196 Å². The van der Waals surface area contributed by atoms with Crippen LogP contribution in [0.4, 0.5) is 5.00 Å². The quantitative estimate of drug-likeness (QED) is 0.372. The first-order chi connectivity index (χ1) is 16.0. The molecule has 0 bridgehead atoms. The minimum Gasteiger partial charge on any atom is -0.465 e. The molecule has 0 atom stereocenters. The number of hydrogen-bond donors (Lipinski definition) is 1. The third-order valence-electron chi connectivity index (χ3n) is 6.06. The lowest BCUT2D eigenvalue weighted by atomic mass is 9.95. The predicted octanol–water partition coefficient (Wildman–Crippen LogP) is 6.19. The summed E-state index contributed by atoms with van der Waals surface area (Å²) in [5, 5.41) is 4.37. The van der Waals surface area contributed by atoms with Crippen molar-refractivity contribution in [2.75, 3.05) is 12.4 Å². The molecule has 2 aromatic carbocycles. The number of rotatable bonds is 4. The van der Waals surface area contributed by atoms with Crippen molar-refractivity contribution in [2.24, 2.45) is 0 Å². The molecule has 1 N–H and O–H groups in total.